The van der Waals surface area contributed by atoms with Crippen LogP contribution in [-0.2, 0) is 0 Å². The van der Waals surface area contributed by atoms with E-state index in [2.05, 4.69) is 5.10 Å². The summed E-state index contributed by atoms with van der Waals surface area (Å²) in [7, 11) is 0. The molecule has 0 aliphatic rings. The molecule has 0 saturated heterocycles. The normalized spacial score (nSPS) is 7.76. The van der Waals surface area contributed by atoms with Crippen molar-refractivity contribution in [1.29, 1.82) is 26.3 Å². The minimum absolute atomic E-state index is 0.252. The largest absolute Gasteiger partial charge is 0.237 e. The zero-order valence-corrected chi connectivity index (χ0v) is 10.5. The van der Waals surface area contributed by atoms with E-state index in [4.69, 9.17) is 26.3 Å². The Morgan fingerprint density at radius 2 is 1.48 bits per heavy atom. The smallest absolute Gasteiger partial charge is 0.237 e. The molecule has 0 aliphatic heterocycles. The van der Waals surface area contributed by atoms with Crippen LogP contribution in [0.2, 0.25) is 0 Å². The van der Waals surface area contributed by atoms with Crippen LogP contribution < -0.4 is 5.01 Å². The molecule has 0 spiro atoms. The van der Waals surface area contributed by atoms with Crippen molar-refractivity contribution in [3.63, 3.8) is 0 Å². The third-order valence-corrected chi connectivity index (χ3v) is 2.17. The van der Waals surface area contributed by atoms with Crippen molar-refractivity contribution in [2.75, 3.05) is 5.01 Å². The van der Waals surface area contributed by atoms with Gasteiger partial charge in [0.15, 0.2) is 0 Å². The summed E-state index contributed by atoms with van der Waals surface area (Å²) >= 11 is 0. The van der Waals surface area contributed by atoms with Crippen LogP contribution in [0.3, 0.4) is 0 Å². The number of anilines is 1. The predicted molar refractivity (Wildman–Crippen MR) is 71.6 cm³/mol. The SMILES string of the molecule is N#CC(C#N)=CN(N=C(C#N)C#N)c1ccc(C#N)cc1. The number of nitrogens with zero attached hydrogens (tertiary/aromatic N) is 7. The topological polar surface area (TPSA) is 135 Å². The summed E-state index contributed by atoms with van der Waals surface area (Å²) in [4.78, 5) is 0. The average Bonchev–Trinajstić information content (AvgIpc) is 2.55. The molecule has 0 aromatic heterocycles. The fourth-order valence-electron chi connectivity index (χ4n) is 1.23. The molecule has 0 saturated carbocycles. The molecule has 7 heteroatoms. The van der Waals surface area contributed by atoms with Gasteiger partial charge in [-0.25, -0.2) is 5.01 Å². The van der Waals surface area contributed by atoms with Gasteiger partial charge in [0.05, 0.1) is 23.5 Å². The summed E-state index contributed by atoms with van der Waals surface area (Å²) < 4.78 is 0. The molecule has 1 aromatic rings. The van der Waals surface area contributed by atoms with Crippen LogP contribution in [0.4, 0.5) is 5.69 Å². The lowest BCUT2D eigenvalue weighted by Crippen LogP contribution is -2.11. The molecule has 0 radical (unpaired) electrons. The summed E-state index contributed by atoms with van der Waals surface area (Å²) in [6.45, 7) is 0. The van der Waals surface area contributed by atoms with E-state index in [1.807, 2.05) is 6.07 Å². The van der Waals surface area contributed by atoms with Crippen molar-refractivity contribution in [3.05, 3.63) is 41.6 Å². The highest BCUT2D eigenvalue weighted by Crippen LogP contribution is 2.17. The number of nitriles is 5. The molecular formula is C14H5N7. The second kappa shape index (κ2) is 7.34. The quantitative estimate of drug-likeness (QED) is 0.466. The van der Waals surface area contributed by atoms with Gasteiger partial charge in [0.25, 0.3) is 0 Å². The van der Waals surface area contributed by atoms with Gasteiger partial charge in [-0.15, -0.1) is 5.10 Å². The van der Waals surface area contributed by atoms with Gasteiger partial charge in [-0.1, -0.05) is 0 Å². The Morgan fingerprint density at radius 3 is 1.90 bits per heavy atom. The van der Waals surface area contributed by atoms with Crippen LogP contribution in [-0.4, -0.2) is 5.71 Å². The molecule has 0 amide bonds. The first-order valence-electron chi connectivity index (χ1n) is 5.38. The first-order valence-corrected chi connectivity index (χ1v) is 5.38. The van der Waals surface area contributed by atoms with Gasteiger partial charge in [-0.2, -0.15) is 26.3 Å². The van der Waals surface area contributed by atoms with E-state index in [1.165, 1.54) is 24.3 Å². The van der Waals surface area contributed by atoms with E-state index in [0.29, 0.717) is 11.3 Å². The molecule has 0 unspecified atom stereocenters. The fourth-order valence-corrected chi connectivity index (χ4v) is 1.23. The van der Waals surface area contributed by atoms with Gasteiger partial charge in [-0.05, 0) is 24.3 Å². The molecule has 7 nitrogen and oxygen atoms in total. The van der Waals surface area contributed by atoms with E-state index in [0.717, 1.165) is 11.2 Å². The van der Waals surface area contributed by atoms with Crippen molar-refractivity contribution in [2.24, 2.45) is 5.10 Å². The summed E-state index contributed by atoms with van der Waals surface area (Å²) in [6, 6.07) is 14.4. The van der Waals surface area contributed by atoms with E-state index in [1.54, 1.807) is 24.3 Å². The molecule has 0 heterocycles. The zero-order valence-electron chi connectivity index (χ0n) is 10.5. The summed E-state index contributed by atoms with van der Waals surface area (Å²) in [5.41, 5.74) is 0.109. The maximum atomic E-state index is 8.76. The standard InChI is InChI=1S/C14H5N7/c15-5-11-1-3-14(4-2-11)21(10-12(6-16)7-17)20-13(8-18)9-19/h1-4,10H. The maximum Gasteiger partial charge on any atom is 0.237 e. The lowest BCUT2D eigenvalue weighted by molar-refractivity contribution is 1.07. The predicted octanol–water partition coefficient (Wildman–Crippen LogP) is 1.70. The number of rotatable bonds is 3. The highest BCUT2D eigenvalue weighted by atomic mass is 15.4. The molecule has 96 valence electrons. The number of allylic oxidation sites excluding steroid dienone is 1. The van der Waals surface area contributed by atoms with Crippen molar-refractivity contribution < 1.29 is 0 Å². The van der Waals surface area contributed by atoms with Crippen LogP contribution in [0.1, 0.15) is 5.56 Å². The van der Waals surface area contributed by atoms with Gasteiger partial charge < -0.3 is 0 Å². The van der Waals surface area contributed by atoms with Gasteiger partial charge in [0, 0.05) is 0 Å². The maximum absolute atomic E-state index is 8.76. The van der Waals surface area contributed by atoms with Gasteiger partial charge >= 0.3 is 0 Å². The Hall–Kier alpha value is -4.12. The van der Waals surface area contributed by atoms with Crippen molar-refractivity contribution >= 4 is 11.4 Å². The van der Waals surface area contributed by atoms with Crippen LogP contribution in [0.15, 0.2) is 41.1 Å². The van der Waals surface area contributed by atoms with Crippen molar-refractivity contribution in [3.8, 4) is 30.3 Å². The van der Waals surface area contributed by atoms with Crippen LogP contribution in [0, 0.1) is 56.7 Å². The summed E-state index contributed by atoms with van der Waals surface area (Å²) in [5, 5.41) is 48.5. The Kier molecular flexibility index (Phi) is 5.22. The highest BCUT2D eigenvalue weighted by Gasteiger charge is 2.07. The Bertz CT molecular complexity index is 722. The minimum Gasteiger partial charge on any atom is -0.237 e. The molecular weight excluding hydrogens is 266 g/mol. The molecule has 0 fully saturated rings. The second-order valence-electron chi connectivity index (χ2n) is 3.44. The molecule has 21 heavy (non-hydrogen) atoms. The first-order chi connectivity index (χ1) is 10.2. The van der Waals surface area contributed by atoms with Gasteiger partial charge in [0.1, 0.15) is 29.8 Å². The Morgan fingerprint density at radius 1 is 0.905 bits per heavy atom. The zero-order chi connectivity index (χ0) is 15.7. The minimum atomic E-state index is -0.439. The Balaban J connectivity index is 3.37. The number of hydrogen-bond acceptors (Lipinski definition) is 7. The number of hydrogen-bond donors (Lipinski definition) is 0. The monoisotopic (exact) mass is 271 g/mol. The van der Waals surface area contributed by atoms with Crippen LogP contribution in [0.5, 0.6) is 0 Å². The molecule has 1 aromatic carbocycles. The van der Waals surface area contributed by atoms with E-state index < -0.39 is 5.71 Å². The van der Waals surface area contributed by atoms with Crippen LogP contribution >= 0.6 is 0 Å². The first kappa shape index (κ1) is 14.9. The van der Waals surface area contributed by atoms with E-state index >= 15 is 0 Å². The second-order valence-corrected chi connectivity index (χ2v) is 3.44. The highest BCUT2D eigenvalue weighted by molar-refractivity contribution is 6.10. The van der Waals surface area contributed by atoms with Crippen molar-refractivity contribution in [1.82, 2.24) is 0 Å². The lowest BCUT2D eigenvalue weighted by atomic mass is 10.2. The van der Waals surface area contributed by atoms with E-state index in [-0.39, 0.29) is 5.57 Å². The average molecular weight is 271 g/mol. The summed E-state index contributed by atoms with van der Waals surface area (Å²) in [6.07, 6.45) is 1.09. The van der Waals surface area contributed by atoms with E-state index in [9.17, 15) is 0 Å². The number of benzene rings is 1. The molecule has 0 atom stereocenters. The van der Waals surface area contributed by atoms with Gasteiger partial charge in [-0.3, -0.25) is 0 Å². The molecule has 0 N–H and O–H groups in total. The molecule has 0 aliphatic carbocycles. The Labute approximate surface area is 120 Å². The molecule has 1 rings (SSSR count). The lowest BCUT2D eigenvalue weighted by Gasteiger charge is -2.13. The third-order valence-electron chi connectivity index (χ3n) is 2.17. The number of hydrazone groups is 1. The molecule has 0 bridgehead atoms. The van der Waals surface area contributed by atoms with Gasteiger partial charge in [0.2, 0.25) is 5.71 Å². The van der Waals surface area contributed by atoms with Crippen molar-refractivity contribution in [2.45, 2.75) is 0 Å². The summed E-state index contributed by atoms with van der Waals surface area (Å²) in [5.74, 6) is 0. The van der Waals surface area contributed by atoms with Crippen LogP contribution in [0.25, 0.3) is 0 Å². The fraction of sp³-hybridized carbons (Fsp3) is 0. The third kappa shape index (κ3) is 3.94.